The topological polar surface area (TPSA) is 49.4 Å². The molecule has 0 aliphatic heterocycles. The average Bonchev–Trinajstić information content (AvgIpc) is 3.13. The van der Waals surface area contributed by atoms with Gasteiger partial charge in [-0.15, -0.1) is 0 Å². The van der Waals surface area contributed by atoms with Crippen LogP contribution in [-0.2, 0) is 4.79 Å². The van der Waals surface area contributed by atoms with Crippen LogP contribution in [0.15, 0.2) is 24.3 Å². The average molecular weight is 260 g/mol. The first-order valence-electron chi connectivity index (χ1n) is 6.62. The molecular formula is C15H20N2O2. The number of nitrogens with zero attached hydrogens (tertiary/aromatic N) is 1. The van der Waals surface area contributed by atoms with E-state index in [0.717, 1.165) is 18.4 Å². The smallest absolute Gasteiger partial charge is 0.234 e. The van der Waals surface area contributed by atoms with Crippen LogP contribution in [0.1, 0.15) is 28.8 Å². The van der Waals surface area contributed by atoms with Crippen molar-refractivity contribution in [2.75, 3.05) is 20.1 Å². The summed E-state index contributed by atoms with van der Waals surface area (Å²) in [5.74, 6) is 0.0448. The Morgan fingerprint density at radius 2 is 1.84 bits per heavy atom. The monoisotopic (exact) mass is 260 g/mol. The summed E-state index contributed by atoms with van der Waals surface area (Å²) < 4.78 is 0. The Morgan fingerprint density at radius 1 is 1.21 bits per heavy atom. The molecule has 2 rings (SSSR count). The summed E-state index contributed by atoms with van der Waals surface area (Å²) in [4.78, 5) is 25.4. The first kappa shape index (κ1) is 13.7. The van der Waals surface area contributed by atoms with Gasteiger partial charge in [-0.1, -0.05) is 29.8 Å². The van der Waals surface area contributed by atoms with Gasteiger partial charge in [0.2, 0.25) is 5.91 Å². The predicted molar refractivity (Wildman–Crippen MR) is 74.2 cm³/mol. The molecule has 1 N–H and O–H groups in total. The Kier molecular flexibility index (Phi) is 4.32. The Morgan fingerprint density at radius 3 is 2.42 bits per heavy atom. The highest BCUT2D eigenvalue weighted by atomic mass is 16.2. The lowest BCUT2D eigenvalue weighted by Crippen LogP contribution is -2.38. The van der Waals surface area contributed by atoms with E-state index < -0.39 is 0 Å². The SMILES string of the molecule is Cc1ccc(C(=O)CN(C)CC(=O)NC2CC2)cc1. The number of hydrogen-bond acceptors (Lipinski definition) is 3. The number of Topliss-reactive ketones (excluding diaryl/α,β-unsaturated/α-hetero) is 1. The number of carbonyl (C=O) groups excluding carboxylic acids is 2. The second-order valence-corrected chi connectivity index (χ2v) is 5.30. The fourth-order valence-electron chi connectivity index (χ4n) is 1.88. The molecule has 0 saturated heterocycles. The van der Waals surface area contributed by atoms with E-state index in [1.165, 1.54) is 0 Å². The molecule has 0 atom stereocenters. The number of amides is 1. The molecule has 1 aliphatic carbocycles. The molecule has 1 aromatic carbocycles. The van der Waals surface area contributed by atoms with Crippen LogP contribution < -0.4 is 5.32 Å². The molecule has 1 aromatic rings. The largest absolute Gasteiger partial charge is 0.352 e. The molecule has 4 heteroatoms. The summed E-state index contributed by atoms with van der Waals surface area (Å²) in [6.07, 6.45) is 2.16. The molecule has 19 heavy (non-hydrogen) atoms. The van der Waals surface area contributed by atoms with Gasteiger partial charge in [0.05, 0.1) is 13.1 Å². The standard InChI is InChI=1S/C15H20N2O2/c1-11-3-5-12(6-4-11)14(18)9-17(2)10-15(19)16-13-7-8-13/h3-6,13H,7-10H2,1-2H3,(H,16,19). The highest BCUT2D eigenvalue weighted by Crippen LogP contribution is 2.18. The lowest BCUT2D eigenvalue weighted by atomic mass is 10.1. The highest BCUT2D eigenvalue weighted by molar-refractivity contribution is 5.97. The molecule has 102 valence electrons. The fraction of sp³-hybridized carbons (Fsp3) is 0.467. The van der Waals surface area contributed by atoms with Crippen molar-refractivity contribution in [1.82, 2.24) is 10.2 Å². The molecule has 0 unspecified atom stereocenters. The number of carbonyl (C=O) groups is 2. The second kappa shape index (κ2) is 5.97. The number of rotatable bonds is 6. The van der Waals surface area contributed by atoms with Gasteiger partial charge < -0.3 is 5.32 Å². The fourth-order valence-corrected chi connectivity index (χ4v) is 1.88. The number of nitrogens with one attached hydrogen (secondary N) is 1. The summed E-state index contributed by atoms with van der Waals surface area (Å²) in [5.41, 5.74) is 1.83. The number of aryl methyl sites for hydroxylation is 1. The van der Waals surface area contributed by atoms with Crippen LogP contribution in [0, 0.1) is 6.92 Å². The number of likely N-dealkylation sites (N-methyl/N-ethyl adjacent to an activating group) is 1. The van der Waals surface area contributed by atoms with E-state index in [4.69, 9.17) is 0 Å². The normalized spacial score (nSPS) is 14.5. The minimum absolute atomic E-state index is 0.00158. The number of ketones is 1. The van der Waals surface area contributed by atoms with Crippen LogP contribution in [0.4, 0.5) is 0 Å². The quantitative estimate of drug-likeness (QED) is 0.786. The van der Waals surface area contributed by atoms with Gasteiger partial charge in [-0.3, -0.25) is 14.5 Å². The molecule has 0 aromatic heterocycles. The Hall–Kier alpha value is -1.68. The summed E-state index contributed by atoms with van der Waals surface area (Å²) in [6.45, 7) is 2.53. The van der Waals surface area contributed by atoms with Crippen LogP contribution in [0.5, 0.6) is 0 Å². The van der Waals surface area contributed by atoms with Crippen LogP contribution in [0.2, 0.25) is 0 Å². The van der Waals surface area contributed by atoms with Crippen molar-refractivity contribution in [3.63, 3.8) is 0 Å². The van der Waals surface area contributed by atoms with Gasteiger partial charge in [-0.25, -0.2) is 0 Å². The zero-order valence-electron chi connectivity index (χ0n) is 11.5. The molecule has 0 spiro atoms. The van der Waals surface area contributed by atoms with E-state index in [0.29, 0.717) is 11.6 Å². The van der Waals surface area contributed by atoms with Crippen molar-refractivity contribution >= 4 is 11.7 Å². The number of benzene rings is 1. The minimum Gasteiger partial charge on any atom is -0.352 e. The van der Waals surface area contributed by atoms with Crippen molar-refractivity contribution in [3.8, 4) is 0 Å². The summed E-state index contributed by atoms with van der Waals surface area (Å²) in [7, 11) is 1.79. The van der Waals surface area contributed by atoms with Gasteiger partial charge in [0.25, 0.3) is 0 Å². The lowest BCUT2D eigenvalue weighted by molar-refractivity contribution is -0.121. The van der Waals surface area contributed by atoms with Crippen molar-refractivity contribution in [3.05, 3.63) is 35.4 Å². The van der Waals surface area contributed by atoms with Crippen LogP contribution in [0.25, 0.3) is 0 Å². The van der Waals surface area contributed by atoms with Crippen LogP contribution in [-0.4, -0.2) is 42.8 Å². The van der Waals surface area contributed by atoms with Gasteiger partial charge >= 0.3 is 0 Å². The second-order valence-electron chi connectivity index (χ2n) is 5.30. The van der Waals surface area contributed by atoms with Gasteiger partial charge in [0.15, 0.2) is 5.78 Å². The predicted octanol–water partition coefficient (Wildman–Crippen LogP) is 1.39. The minimum atomic E-state index is 0.00158. The van der Waals surface area contributed by atoms with Crippen molar-refractivity contribution in [1.29, 1.82) is 0 Å². The van der Waals surface area contributed by atoms with Crippen molar-refractivity contribution < 1.29 is 9.59 Å². The number of hydrogen-bond donors (Lipinski definition) is 1. The van der Waals surface area contributed by atoms with E-state index in [1.807, 2.05) is 31.2 Å². The highest BCUT2D eigenvalue weighted by Gasteiger charge is 2.23. The maximum Gasteiger partial charge on any atom is 0.234 e. The Bertz CT molecular complexity index is 464. The summed E-state index contributed by atoms with van der Waals surface area (Å²) in [5, 5.41) is 2.91. The van der Waals surface area contributed by atoms with E-state index in [9.17, 15) is 9.59 Å². The summed E-state index contributed by atoms with van der Waals surface area (Å²) >= 11 is 0. The van der Waals surface area contributed by atoms with Crippen molar-refractivity contribution in [2.45, 2.75) is 25.8 Å². The molecule has 4 nitrogen and oxygen atoms in total. The molecule has 0 radical (unpaired) electrons. The molecular weight excluding hydrogens is 240 g/mol. The van der Waals surface area contributed by atoms with Gasteiger partial charge in [0, 0.05) is 11.6 Å². The Balaban J connectivity index is 1.80. The molecule has 1 amide bonds. The van der Waals surface area contributed by atoms with Crippen LogP contribution >= 0.6 is 0 Å². The van der Waals surface area contributed by atoms with E-state index in [1.54, 1.807) is 11.9 Å². The van der Waals surface area contributed by atoms with Crippen molar-refractivity contribution in [2.24, 2.45) is 0 Å². The zero-order chi connectivity index (χ0) is 13.8. The maximum absolute atomic E-state index is 12.0. The maximum atomic E-state index is 12.0. The molecule has 1 aliphatic rings. The third-order valence-electron chi connectivity index (χ3n) is 3.14. The van der Waals surface area contributed by atoms with Crippen LogP contribution in [0.3, 0.4) is 0 Å². The molecule has 1 fully saturated rings. The van der Waals surface area contributed by atoms with E-state index in [2.05, 4.69) is 5.32 Å². The molecule has 0 heterocycles. The van der Waals surface area contributed by atoms with E-state index in [-0.39, 0.29) is 24.8 Å². The third kappa shape index (κ3) is 4.48. The first-order chi connectivity index (χ1) is 9.04. The first-order valence-corrected chi connectivity index (χ1v) is 6.62. The Labute approximate surface area is 113 Å². The zero-order valence-corrected chi connectivity index (χ0v) is 11.5. The third-order valence-corrected chi connectivity index (χ3v) is 3.14. The summed E-state index contributed by atoms with van der Waals surface area (Å²) in [6, 6.07) is 7.87. The van der Waals surface area contributed by atoms with Gasteiger partial charge in [0.1, 0.15) is 0 Å². The van der Waals surface area contributed by atoms with Gasteiger partial charge in [-0.2, -0.15) is 0 Å². The molecule has 1 saturated carbocycles. The van der Waals surface area contributed by atoms with E-state index >= 15 is 0 Å². The lowest BCUT2D eigenvalue weighted by Gasteiger charge is -2.15. The van der Waals surface area contributed by atoms with Gasteiger partial charge in [-0.05, 0) is 26.8 Å². The molecule has 0 bridgehead atoms.